The van der Waals surface area contributed by atoms with Gasteiger partial charge in [0.1, 0.15) is 6.07 Å². The fraction of sp³-hybridized carbons (Fsp3) is 0.0833. The van der Waals surface area contributed by atoms with E-state index in [0.29, 0.717) is 11.5 Å². The first kappa shape index (κ1) is 10.1. The summed E-state index contributed by atoms with van der Waals surface area (Å²) in [4.78, 5) is 8.08. The Labute approximate surface area is 93.6 Å². The van der Waals surface area contributed by atoms with Gasteiger partial charge in [-0.2, -0.15) is 5.26 Å². The van der Waals surface area contributed by atoms with Crippen LogP contribution in [0.15, 0.2) is 36.7 Å². The number of nitrogens with one attached hydrogen (secondary N) is 1. The molecule has 0 saturated carbocycles. The zero-order chi connectivity index (χ0) is 11.4. The van der Waals surface area contributed by atoms with Gasteiger partial charge in [0.25, 0.3) is 0 Å². The van der Waals surface area contributed by atoms with Gasteiger partial charge in [0, 0.05) is 12.4 Å². The van der Waals surface area contributed by atoms with Gasteiger partial charge < -0.3 is 5.32 Å². The van der Waals surface area contributed by atoms with Crippen LogP contribution in [0.4, 0.5) is 11.6 Å². The van der Waals surface area contributed by atoms with Gasteiger partial charge in [0.2, 0.25) is 5.95 Å². The standard InChI is InChI=1S/C12H10N4/c1-9-3-4-11(10(7-9)8-13)16-12-14-5-2-6-15-12/h2-7H,1H3,(H,14,15,16). The van der Waals surface area contributed by atoms with Crippen LogP contribution in [-0.4, -0.2) is 9.97 Å². The SMILES string of the molecule is Cc1ccc(Nc2ncccn2)c(C#N)c1. The van der Waals surface area contributed by atoms with Crippen molar-refractivity contribution in [3.05, 3.63) is 47.8 Å². The molecule has 2 aromatic rings. The predicted octanol–water partition coefficient (Wildman–Crippen LogP) is 2.40. The van der Waals surface area contributed by atoms with Crippen LogP contribution in [0.25, 0.3) is 0 Å². The third-order valence-corrected chi connectivity index (χ3v) is 2.11. The molecule has 1 aromatic heterocycles. The summed E-state index contributed by atoms with van der Waals surface area (Å²) in [6, 6.07) is 9.49. The van der Waals surface area contributed by atoms with Crippen LogP contribution in [-0.2, 0) is 0 Å². The minimum atomic E-state index is 0.489. The van der Waals surface area contributed by atoms with Crippen molar-refractivity contribution in [2.24, 2.45) is 0 Å². The van der Waals surface area contributed by atoms with Crippen molar-refractivity contribution < 1.29 is 0 Å². The molecule has 1 N–H and O–H groups in total. The maximum Gasteiger partial charge on any atom is 0.227 e. The molecule has 2 rings (SSSR count). The number of hydrogen-bond donors (Lipinski definition) is 1. The average Bonchev–Trinajstić information content (AvgIpc) is 2.33. The summed E-state index contributed by atoms with van der Waals surface area (Å²) in [7, 11) is 0. The van der Waals surface area contributed by atoms with E-state index in [1.165, 1.54) is 0 Å². The zero-order valence-corrected chi connectivity index (χ0v) is 8.81. The molecule has 0 spiro atoms. The van der Waals surface area contributed by atoms with Crippen molar-refractivity contribution in [3.63, 3.8) is 0 Å². The molecule has 0 amide bonds. The van der Waals surface area contributed by atoms with E-state index in [-0.39, 0.29) is 0 Å². The highest BCUT2D eigenvalue weighted by atomic mass is 15.1. The summed E-state index contributed by atoms with van der Waals surface area (Å²) >= 11 is 0. The molecule has 16 heavy (non-hydrogen) atoms. The lowest BCUT2D eigenvalue weighted by molar-refractivity contribution is 1.16. The summed E-state index contributed by atoms with van der Waals surface area (Å²) in [6.45, 7) is 1.95. The quantitative estimate of drug-likeness (QED) is 0.826. The normalized spacial score (nSPS) is 9.50. The Morgan fingerprint density at radius 3 is 2.69 bits per heavy atom. The molecule has 0 aliphatic heterocycles. The van der Waals surface area contributed by atoms with Crippen molar-refractivity contribution in [1.82, 2.24) is 9.97 Å². The van der Waals surface area contributed by atoms with Crippen LogP contribution < -0.4 is 5.32 Å². The molecular formula is C12H10N4. The smallest absolute Gasteiger partial charge is 0.227 e. The fourth-order valence-corrected chi connectivity index (χ4v) is 1.34. The van der Waals surface area contributed by atoms with E-state index in [2.05, 4.69) is 21.4 Å². The molecule has 0 radical (unpaired) electrons. The minimum absolute atomic E-state index is 0.489. The number of nitriles is 1. The fourth-order valence-electron chi connectivity index (χ4n) is 1.34. The zero-order valence-electron chi connectivity index (χ0n) is 8.81. The van der Waals surface area contributed by atoms with E-state index in [1.807, 2.05) is 25.1 Å². The van der Waals surface area contributed by atoms with Crippen LogP contribution in [0, 0.1) is 18.3 Å². The molecule has 0 unspecified atom stereocenters. The number of anilines is 2. The Hall–Kier alpha value is -2.41. The van der Waals surface area contributed by atoms with Crippen molar-refractivity contribution in [1.29, 1.82) is 5.26 Å². The summed E-state index contributed by atoms with van der Waals surface area (Å²) in [5.41, 5.74) is 2.36. The van der Waals surface area contributed by atoms with Gasteiger partial charge >= 0.3 is 0 Å². The molecule has 1 aromatic carbocycles. The molecule has 78 valence electrons. The molecule has 0 aliphatic carbocycles. The largest absolute Gasteiger partial charge is 0.323 e. The molecular weight excluding hydrogens is 200 g/mol. The number of nitrogens with zero attached hydrogens (tertiary/aromatic N) is 3. The van der Waals surface area contributed by atoms with Crippen molar-refractivity contribution in [3.8, 4) is 6.07 Å². The van der Waals surface area contributed by atoms with Gasteiger partial charge in [0.05, 0.1) is 11.3 Å². The van der Waals surface area contributed by atoms with E-state index in [1.54, 1.807) is 18.5 Å². The number of aryl methyl sites for hydroxylation is 1. The maximum atomic E-state index is 8.99. The lowest BCUT2D eigenvalue weighted by Crippen LogP contribution is -1.98. The number of aromatic nitrogens is 2. The second-order valence-corrected chi connectivity index (χ2v) is 3.36. The lowest BCUT2D eigenvalue weighted by Gasteiger charge is -2.06. The summed E-state index contributed by atoms with van der Waals surface area (Å²) in [6.07, 6.45) is 3.30. The second-order valence-electron chi connectivity index (χ2n) is 3.36. The highest BCUT2D eigenvalue weighted by Gasteiger charge is 2.03. The maximum absolute atomic E-state index is 8.99. The Bertz CT molecular complexity index is 528. The van der Waals surface area contributed by atoms with Gasteiger partial charge in [-0.15, -0.1) is 0 Å². The highest BCUT2D eigenvalue weighted by Crippen LogP contribution is 2.18. The summed E-state index contributed by atoms with van der Waals surface area (Å²) in [5.74, 6) is 0.489. The Morgan fingerprint density at radius 1 is 1.25 bits per heavy atom. The van der Waals surface area contributed by atoms with Gasteiger partial charge in [-0.3, -0.25) is 0 Å². The summed E-state index contributed by atoms with van der Waals surface area (Å²) < 4.78 is 0. The number of hydrogen-bond acceptors (Lipinski definition) is 4. The Morgan fingerprint density at radius 2 is 2.00 bits per heavy atom. The molecule has 0 atom stereocenters. The first-order valence-corrected chi connectivity index (χ1v) is 4.84. The summed E-state index contributed by atoms with van der Waals surface area (Å²) in [5, 5.41) is 12.0. The molecule has 1 heterocycles. The van der Waals surface area contributed by atoms with Crippen LogP contribution >= 0.6 is 0 Å². The van der Waals surface area contributed by atoms with Crippen LogP contribution in [0.3, 0.4) is 0 Å². The van der Waals surface area contributed by atoms with Gasteiger partial charge in [-0.25, -0.2) is 9.97 Å². The average molecular weight is 210 g/mol. The topological polar surface area (TPSA) is 61.6 Å². The van der Waals surface area contributed by atoms with Crippen LogP contribution in [0.2, 0.25) is 0 Å². The lowest BCUT2D eigenvalue weighted by atomic mass is 10.1. The first-order chi connectivity index (χ1) is 7.79. The third kappa shape index (κ3) is 2.15. The number of rotatable bonds is 2. The van der Waals surface area contributed by atoms with Gasteiger partial charge in [-0.05, 0) is 30.7 Å². The van der Waals surface area contributed by atoms with Gasteiger partial charge in [-0.1, -0.05) is 6.07 Å². The molecule has 0 fully saturated rings. The van der Waals surface area contributed by atoms with E-state index in [9.17, 15) is 0 Å². The monoisotopic (exact) mass is 210 g/mol. The Kier molecular flexibility index (Phi) is 2.79. The van der Waals surface area contributed by atoms with E-state index in [4.69, 9.17) is 5.26 Å². The van der Waals surface area contributed by atoms with E-state index < -0.39 is 0 Å². The van der Waals surface area contributed by atoms with Gasteiger partial charge in [0.15, 0.2) is 0 Å². The van der Waals surface area contributed by atoms with Crippen LogP contribution in [0.1, 0.15) is 11.1 Å². The van der Waals surface area contributed by atoms with Crippen LogP contribution in [0.5, 0.6) is 0 Å². The molecule has 0 aliphatic rings. The minimum Gasteiger partial charge on any atom is -0.323 e. The highest BCUT2D eigenvalue weighted by molar-refractivity contribution is 5.63. The predicted molar refractivity (Wildman–Crippen MR) is 61.2 cm³/mol. The van der Waals surface area contributed by atoms with E-state index >= 15 is 0 Å². The van der Waals surface area contributed by atoms with Crippen molar-refractivity contribution >= 4 is 11.6 Å². The first-order valence-electron chi connectivity index (χ1n) is 4.84. The van der Waals surface area contributed by atoms with Crippen molar-refractivity contribution in [2.75, 3.05) is 5.32 Å². The molecule has 0 saturated heterocycles. The number of benzene rings is 1. The second kappa shape index (κ2) is 4.41. The van der Waals surface area contributed by atoms with Crippen molar-refractivity contribution in [2.45, 2.75) is 6.92 Å². The third-order valence-electron chi connectivity index (χ3n) is 2.11. The van der Waals surface area contributed by atoms with E-state index in [0.717, 1.165) is 11.3 Å². The molecule has 0 bridgehead atoms. The molecule has 4 nitrogen and oxygen atoms in total. The Balaban J connectivity index is 2.32. The molecule has 4 heteroatoms.